The van der Waals surface area contributed by atoms with Crippen LogP contribution in [0.5, 0.6) is 0 Å². The maximum Gasteiger partial charge on any atom is 0.196 e. The SMILES string of the molecule is CC(C)CNCCc1ncc(-c2c(F)cc(Br)cc2F)o1. The fourth-order valence-corrected chi connectivity index (χ4v) is 2.31. The summed E-state index contributed by atoms with van der Waals surface area (Å²) in [6.07, 6.45) is 1.93. The first-order valence-corrected chi connectivity index (χ1v) is 7.57. The molecule has 0 spiro atoms. The van der Waals surface area contributed by atoms with Crippen molar-refractivity contribution in [3.05, 3.63) is 40.3 Å². The average molecular weight is 359 g/mol. The largest absolute Gasteiger partial charge is 0.440 e. The van der Waals surface area contributed by atoms with E-state index in [9.17, 15) is 8.78 Å². The second kappa shape index (κ2) is 7.13. The maximum atomic E-state index is 13.8. The van der Waals surface area contributed by atoms with Crippen LogP contribution in [0.4, 0.5) is 8.78 Å². The lowest BCUT2D eigenvalue weighted by Gasteiger charge is -2.05. The molecule has 3 nitrogen and oxygen atoms in total. The number of nitrogens with one attached hydrogen (secondary N) is 1. The van der Waals surface area contributed by atoms with Gasteiger partial charge in [-0.25, -0.2) is 13.8 Å². The zero-order chi connectivity index (χ0) is 15.4. The van der Waals surface area contributed by atoms with E-state index in [1.54, 1.807) is 0 Å². The van der Waals surface area contributed by atoms with Crippen molar-refractivity contribution in [1.29, 1.82) is 0 Å². The number of rotatable bonds is 6. The third kappa shape index (κ3) is 4.35. The second-order valence-corrected chi connectivity index (χ2v) is 6.13. The van der Waals surface area contributed by atoms with Gasteiger partial charge in [0.15, 0.2) is 11.7 Å². The molecule has 0 aliphatic carbocycles. The number of hydrogen-bond acceptors (Lipinski definition) is 3. The number of nitrogens with zero attached hydrogens (tertiary/aromatic N) is 1. The highest BCUT2D eigenvalue weighted by molar-refractivity contribution is 9.10. The summed E-state index contributed by atoms with van der Waals surface area (Å²) < 4.78 is 33.4. The van der Waals surface area contributed by atoms with Gasteiger partial charge in [-0.1, -0.05) is 29.8 Å². The summed E-state index contributed by atoms with van der Waals surface area (Å²) in [7, 11) is 0. The summed E-state index contributed by atoms with van der Waals surface area (Å²) in [6.45, 7) is 5.86. The first kappa shape index (κ1) is 16.1. The van der Waals surface area contributed by atoms with Gasteiger partial charge in [0.2, 0.25) is 0 Å². The zero-order valence-corrected chi connectivity index (χ0v) is 13.5. The van der Waals surface area contributed by atoms with Crippen LogP contribution in [0.2, 0.25) is 0 Å². The Balaban J connectivity index is 2.06. The molecule has 6 heteroatoms. The van der Waals surface area contributed by atoms with E-state index in [1.165, 1.54) is 18.3 Å². The number of oxazole rings is 1. The zero-order valence-electron chi connectivity index (χ0n) is 11.9. The minimum Gasteiger partial charge on any atom is -0.440 e. The lowest BCUT2D eigenvalue weighted by Crippen LogP contribution is -2.22. The van der Waals surface area contributed by atoms with Gasteiger partial charge < -0.3 is 9.73 Å². The van der Waals surface area contributed by atoms with Crippen molar-refractivity contribution in [2.45, 2.75) is 20.3 Å². The molecule has 0 saturated heterocycles. The Morgan fingerprint density at radius 3 is 2.57 bits per heavy atom. The van der Waals surface area contributed by atoms with E-state index in [1.807, 2.05) is 0 Å². The normalized spacial score (nSPS) is 11.3. The van der Waals surface area contributed by atoms with Crippen LogP contribution in [0.3, 0.4) is 0 Å². The van der Waals surface area contributed by atoms with Crippen molar-refractivity contribution < 1.29 is 13.2 Å². The van der Waals surface area contributed by atoms with E-state index in [-0.39, 0.29) is 11.3 Å². The van der Waals surface area contributed by atoms with Gasteiger partial charge in [-0.2, -0.15) is 0 Å². The standard InChI is InChI=1S/C15H17BrF2N2O/c1-9(2)7-19-4-3-14-20-8-13(21-14)15-11(17)5-10(16)6-12(15)18/h5-6,8-9,19H,3-4,7H2,1-2H3. The third-order valence-corrected chi connectivity index (χ3v) is 3.33. The highest BCUT2D eigenvalue weighted by Crippen LogP contribution is 2.29. The monoisotopic (exact) mass is 358 g/mol. The molecule has 0 saturated carbocycles. The highest BCUT2D eigenvalue weighted by Gasteiger charge is 2.17. The molecule has 114 valence electrons. The van der Waals surface area contributed by atoms with Gasteiger partial charge in [0.25, 0.3) is 0 Å². The predicted octanol–water partition coefficient (Wildman–Crippen LogP) is 4.17. The first-order valence-electron chi connectivity index (χ1n) is 6.77. The number of aromatic nitrogens is 1. The van der Waals surface area contributed by atoms with E-state index >= 15 is 0 Å². The van der Waals surface area contributed by atoms with Gasteiger partial charge in [-0.3, -0.25) is 0 Å². The van der Waals surface area contributed by atoms with Gasteiger partial charge in [-0.15, -0.1) is 0 Å². The van der Waals surface area contributed by atoms with Crippen LogP contribution >= 0.6 is 15.9 Å². The molecule has 2 aromatic rings. The predicted molar refractivity (Wildman–Crippen MR) is 81.0 cm³/mol. The molecular weight excluding hydrogens is 342 g/mol. The molecule has 0 unspecified atom stereocenters. The Bertz CT molecular complexity index is 590. The molecule has 21 heavy (non-hydrogen) atoms. The van der Waals surface area contributed by atoms with E-state index in [0.717, 1.165) is 6.54 Å². The minimum absolute atomic E-state index is 0.108. The van der Waals surface area contributed by atoms with Crippen LogP contribution in [0.25, 0.3) is 11.3 Å². The Morgan fingerprint density at radius 1 is 1.29 bits per heavy atom. The average Bonchev–Trinajstić information content (AvgIpc) is 2.81. The summed E-state index contributed by atoms with van der Waals surface area (Å²) in [5, 5.41) is 3.26. The molecule has 1 heterocycles. The quantitative estimate of drug-likeness (QED) is 0.787. The van der Waals surface area contributed by atoms with Crippen LogP contribution in [0.1, 0.15) is 19.7 Å². The summed E-state index contributed by atoms with van der Waals surface area (Å²) in [6, 6.07) is 2.40. The first-order chi connectivity index (χ1) is 9.97. The van der Waals surface area contributed by atoms with Crippen molar-refractivity contribution >= 4 is 15.9 Å². The van der Waals surface area contributed by atoms with Gasteiger partial charge >= 0.3 is 0 Å². The maximum absolute atomic E-state index is 13.8. The fourth-order valence-electron chi connectivity index (χ4n) is 1.91. The topological polar surface area (TPSA) is 38.1 Å². The van der Waals surface area contributed by atoms with Gasteiger partial charge in [-0.05, 0) is 24.6 Å². The lowest BCUT2D eigenvalue weighted by molar-refractivity contribution is 0.477. The molecule has 0 aliphatic heterocycles. The van der Waals surface area contributed by atoms with Crippen molar-refractivity contribution in [1.82, 2.24) is 10.3 Å². The molecule has 0 radical (unpaired) electrons. The molecular formula is C15H17BrF2N2O. The van der Waals surface area contributed by atoms with Crippen LogP contribution in [-0.4, -0.2) is 18.1 Å². The second-order valence-electron chi connectivity index (χ2n) is 5.21. The fraction of sp³-hybridized carbons (Fsp3) is 0.400. The Labute approximate surface area is 130 Å². The number of benzene rings is 1. The van der Waals surface area contributed by atoms with Gasteiger partial charge in [0.1, 0.15) is 11.6 Å². The Hall–Kier alpha value is -1.27. The third-order valence-electron chi connectivity index (χ3n) is 2.88. The van der Waals surface area contributed by atoms with Crippen molar-refractivity contribution in [3.8, 4) is 11.3 Å². The Morgan fingerprint density at radius 2 is 1.95 bits per heavy atom. The molecule has 1 aromatic carbocycles. The molecule has 0 fully saturated rings. The molecule has 1 aromatic heterocycles. The van der Waals surface area contributed by atoms with E-state index in [0.29, 0.717) is 29.2 Å². The Kier molecular flexibility index (Phi) is 5.47. The summed E-state index contributed by atoms with van der Waals surface area (Å²) in [5.41, 5.74) is -0.188. The molecule has 1 N–H and O–H groups in total. The minimum atomic E-state index is -0.678. The van der Waals surface area contributed by atoms with Gasteiger partial charge in [0.05, 0.1) is 11.8 Å². The highest BCUT2D eigenvalue weighted by atomic mass is 79.9. The van der Waals surface area contributed by atoms with Crippen molar-refractivity contribution in [2.75, 3.05) is 13.1 Å². The van der Waals surface area contributed by atoms with Crippen molar-refractivity contribution in [3.63, 3.8) is 0 Å². The van der Waals surface area contributed by atoms with E-state index in [2.05, 4.69) is 40.1 Å². The molecule has 2 rings (SSSR count). The summed E-state index contributed by atoms with van der Waals surface area (Å²) >= 11 is 3.04. The van der Waals surface area contributed by atoms with Gasteiger partial charge in [0, 0.05) is 17.4 Å². The molecule has 0 amide bonds. The molecule has 0 atom stereocenters. The lowest BCUT2D eigenvalue weighted by atomic mass is 10.1. The molecule has 0 bridgehead atoms. The van der Waals surface area contributed by atoms with Crippen LogP contribution in [0, 0.1) is 17.6 Å². The summed E-state index contributed by atoms with van der Waals surface area (Å²) in [4.78, 5) is 4.06. The van der Waals surface area contributed by atoms with Crippen LogP contribution < -0.4 is 5.32 Å². The van der Waals surface area contributed by atoms with Crippen LogP contribution in [-0.2, 0) is 6.42 Å². The van der Waals surface area contributed by atoms with Crippen LogP contribution in [0.15, 0.2) is 27.2 Å². The number of halogens is 3. The van der Waals surface area contributed by atoms with Crippen molar-refractivity contribution in [2.24, 2.45) is 5.92 Å². The van der Waals surface area contributed by atoms with E-state index < -0.39 is 11.6 Å². The summed E-state index contributed by atoms with van der Waals surface area (Å²) in [5.74, 6) is -0.222. The smallest absolute Gasteiger partial charge is 0.196 e. The van der Waals surface area contributed by atoms with E-state index in [4.69, 9.17) is 4.42 Å². The molecule has 0 aliphatic rings. The number of hydrogen-bond donors (Lipinski definition) is 1.